The van der Waals surface area contributed by atoms with Gasteiger partial charge in [0, 0.05) is 5.69 Å². The van der Waals surface area contributed by atoms with Crippen molar-refractivity contribution in [2.24, 2.45) is 0 Å². The second kappa shape index (κ2) is 6.84. The predicted octanol–water partition coefficient (Wildman–Crippen LogP) is 3.34. The van der Waals surface area contributed by atoms with Crippen LogP contribution in [0.25, 0.3) is 0 Å². The van der Waals surface area contributed by atoms with E-state index < -0.39 is 5.91 Å². The average molecular weight is 316 g/mol. The summed E-state index contributed by atoms with van der Waals surface area (Å²) in [7, 11) is 0. The molecule has 0 heterocycles. The van der Waals surface area contributed by atoms with Crippen molar-refractivity contribution in [1.82, 2.24) is 5.32 Å². The molecule has 0 aliphatic carbocycles. The van der Waals surface area contributed by atoms with Crippen LogP contribution in [0.15, 0.2) is 48.5 Å². The largest absolute Gasteiger partial charge is 0.332 e. The number of anilines is 1. The number of carbonyl (C=O) groups excluding carboxylic acids is 1. The molecule has 0 radical (unpaired) electrons. The molecule has 2 rings (SSSR count). The average Bonchev–Trinajstić information content (AvgIpc) is 2.47. The number of thiocarbonyl (C=S) groups is 1. The molecular formula is C15H10ClN3OS. The summed E-state index contributed by atoms with van der Waals surface area (Å²) in [5, 5.41) is 14.7. The summed E-state index contributed by atoms with van der Waals surface area (Å²) in [5.41, 5.74) is 1.47. The molecule has 0 saturated heterocycles. The summed E-state index contributed by atoms with van der Waals surface area (Å²) in [6, 6.07) is 15.5. The number of carbonyl (C=O) groups is 1. The van der Waals surface area contributed by atoms with E-state index in [0.29, 0.717) is 21.8 Å². The molecule has 0 aromatic heterocycles. The molecule has 104 valence electrons. The maximum atomic E-state index is 12.0. The van der Waals surface area contributed by atoms with Crippen LogP contribution >= 0.6 is 23.8 Å². The molecule has 6 heteroatoms. The van der Waals surface area contributed by atoms with Crippen LogP contribution in [0, 0.1) is 11.3 Å². The smallest absolute Gasteiger partial charge is 0.258 e. The van der Waals surface area contributed by atoms with Crippen LogP contribution in [0.3, 0.4) is 0 Å². The van der Waals surface area contributed by atoms with E-state index in [2.05, 4.69) is 10.6 Å². The molecule has 0 unspecified atom stereocenters. The molecule has 2 N–H and O–H groups in total. The molecule has 0 spiro atoms. The minimum Gasteiger partial charge on any atom is -0.332 e. The van der Waals surface area contributed by atoms with Crippen molar-refractivity contribution in [2.45, 2.75) is 0 Å². The van der Waals surface area contributed by atoms with Gasteiger partial charge < -0.3 is 5.32 Å². The molecule has 0 bridgehead atoms. The van der Waals surface area contributed by atoms with Gasteiger partial charge in [0.15, 0.2) is 5.11 Å². The van der Waals surface area contributed by atoms with Crippen molar-refractivity contribution in [3.05, 3.63) is 64.7 Å². The Bertz CT molecular complexity index is 740. The summed E-state index contributed by atoms with van der Waals surface area (Å²) in [5.74, 6) is -0.394. The van der Waals surface area contributed by atoms with E-state index in [4.69, 9.17) is 29.1 Å². The summed E-state index contributed by atoms with van der Waals surface area (Å²) >= 11 is 11.0. The van der Waals surface area contributed by atoms with Crippen LogP contribution in [0.5, 0.6) is 0 Å². The van der Waals surface area contributed by atoms with Gasteiger partial charge in [-0.05, 0) is 42.5 Å². The SMILES string of the molecule is N#Cc1cccc(NC(=S)NC(=O)c2ccccc2Cl)c1. The molecular weight excluding hydrogens is 306 g/mol. The minimum atomic E-state index is -0.394. The van der Waals surface area contributed by atoms with Gasteiger partial charge in [-0.25, -0.2) is 0 Å². The number of nitriles is 1. The van der Waals surface area contributed by atoms with E-state index in [1.54, 1.807) is 48.5 Å². The van der Waals surface area contributed by atoms with Crippen LogP contribution in [0.2, 0.25) is 5.02 Å². The Kier molecular flexibility index (Phi) is 4.88. The third-order valence-electron chi connectivity index (χ3n) is 2.60. The summed E-state index contributed by atoms with van der Waals surface area (Å²) in [4.78, 5) is 12.0. The molecule has 2 aromatic carbocycles. The quantitative estimate of drug-likeness (QED) is 0.834. The Morgan fingerprint density at radius 1 is 1.19 bits per heavy atom. The number of nitrogens with one attached hydrogen (secondary N) is 2. The predicted molar refractivity (Wildman–Crippen MR) is 86.3 cm³/mol. The summed E-state index contributed by atoms with van der Waals surface area (Å²) in [6.07, 6.45) is 0. The molecule has 21 heavy (non-hydrogen) atoms. The number of rotatable bonds is 2. The van der Waals surface area contributed by atoms with E-state index in [1.807, 2.05) is 6.07 Å². The van der Waals surface area contributed by atoms with Gasteiger partial charge in [0.2, 0.25) is 0 Å². The Morgan fingerprint density at radius 2 is 1.95 bits per heavy atom. The molecule has 0 atom stereocenters. The highest BCUT2D eigenvalue weighted by atomic mass is 35.5. The number of nitrogens with zero attached hydrogens (tertiary/aromatic N) is 1. The van der Waals surface area contributed by atoms with Crippen LogP contribution in [0.1, 0.15) is 15.9 Å². The second-order valence-corrected chi connectivity index (χ2v) is 4.90. The zero-order valence-electron chi connectivity index (χ0n) is 10.8. The number of benzene rings is 2. The minimum absolute atomic E-state index is 0.134. The third kappa shape index (κ3) is 4.02. The van der Waals surface area contributed by atoms with Gasteiger partial charge in [0.25, 0.3) is 5.91 Å². The lowest BCUT2D eigenvalue weighted by molar-refractivity contribution is 0.0978. The lowest BCUT2D eigenvalue weighted by Crippen LogP contribution is -2.34. The van der Waals surface area contributed by atoms with Gasteiger partial charge in [-0.3, -0.25) is 10.1 Å². The second-order valence-electron chi connectivity index (χ2n) is 4.08. The van der Waals surface area contributed by atoms with Crippen LogP contribution < -0.4 is 10.6 Å². The highest BCUT2D eigenvalue weighted by molar-refractivity contribution is 7.80. The number of halogens is 1. The van der Waals surface area contributed by atoms with Crippen molar-refractivity contribution in [3.8, 4) is 6.07 Å². The normalized spacial score (nSPS) is 9.52. The van der Waals surface area contributed by atoms with Crippen LogP contribution in [-0.4, -0.2) is 11.0 Å². The van der Waals surface area contributed by atoms with E-state index in [-0.39, 0.29) is 5.11 Å². The molecule has 0 aliphatic heterocycles. The zero-order valence-corrected chi connectivity index (χ0v) is 12.3. The number of amides is 1. The van der Waals surface area contributed by atoms with E-state index in [0.717, 1.165) is 0 Å². The van der Waals surface area contributed by atoms with Gasteiger partial charge in [-0.15, -0.1) is 0 Å². The Hall–Kier alpha value is -2.42. The van der Waals surface area contributed by atoms with Crippen molar-refractivity contribution >= 4 is 40.5 Å². The van der Waals surface area contributed by atoms with Gasteiger partial charge in [0.05, 0.1) is 22.2 Å². The highest BCUT2D eigenvalue weighted by Crippen LogP contribution is 2.15. The lowest BCUT2D eigenvalue weighted by atomic mass is 10.2. The molecule has 0 fully saturated rings. The van der Waals surface area contributed by atoms with Crippen molar-refractivity contribution in [3.63, 3.8) is 0 Å². The van der Waals surface area contributed by atoms with Crippen LogP contribution in [0.4, 0.5) is 5.69 Å². The van der Waals surface area contributed by atoms with Crippen molar-refractivity contribution in [2.75, 3.05) is 5.32 Å². The van der Waals surface area contributed by atoms with Gasteiger partial charge in [-0.1, -0.05) is 29.8 Å². The first-order valence-corrected chi connectivity index (χ1v) is 6.76. The van der Waals surface area contributed by atoms with Crippen molar-refractivity contribution < 1.29 is 4.79 Å². The van der Waals surface area contributed by atoms with Gasteiger partial charge >= 0.3 is 0 Å². The first kappa shape index (κ1) is 15.0. The maximum Gasteiger partial charge on any atom is 0.258 e. The summed E-state index contributed by atoms with van der Waals surface area (Å²) < 4.78 is 0. The third-order valence-corrected chi connectivity index (χ3v) is 3.13. The maximum absolute atomic E-state index is 12.0. The molecule has 4 nitrogen and oxygen atoms in total. The fourth-order valence-corrected chi connectivity index (χ4v) is 2.08. The van der Waals surface area contributed by atoms with Gasteiger partial charge in [-0.2, -0.15) is 5.26 Å². The number of hydrogen-bond acceptors (Lipinski definition) is 3. The van der Waals surface area contributed by atoms with Crippen LogP contribution in [-0.2, 0) is 0 Å². The molecule has 0 saturated carbocycles. The van der Waals surface area contributed by atoms with Gasteiger partial charge in [0.1, 0.15) is 0 Å². The van der Waals surface area contributed by atoms with E-state index in [1.165, 1.54) is 0 Å². The fourth-order valence-electron chi connectivity index (χ4n) is 1.64. The highest BCUT2D eigenvalue weighted by Gasteiger charge is 2.11. The fraction of sp³-hybridized carbons (Fsp3) is 0. The Labute approximate surface area is 132 Å². The molecule has 0 aliphatic rings. The molecule has 1 amide bonds. The number of hydrogen-bond donors (Lipinski definition) is 2. The first-order chi connectivity index (χ1) is 10.1. The monoisotopic (exact) mass is 315 g/mol. The zero-order chi connectivity index (χ0) is 15.2. The Balaban J connectivity index is 2.03. The lowest BCUT2D eigenvalue weighted by Gasteiger charge is -2.10. The van der Waals surface area contributed by atoms with E-state index in [9.17, 15) is 4.79 Å². The summed E-state index contributed by atoms with van der Waals surface area (Å²) in [6.45, 7) is 0. The Morgan fingerprint density at radius 3 is 2.67 bits per heavy atom. The standard InChI is InChI=1S/C15H10ClN3OS/c16-13-7-2-1-6-12(13)14(20)19-15(21)18-11-5-3-4-10(8-11)9-17/h1-8H,(H2,18,19,20,21). The first-order valence-electron chi connectivity index (χ1n) is 5.97. The van der Waals surface area contributed by atoms with Crippen molar-refractivity contribution in [1.29, 1.82) is 5.26 Å². The van der Waals surface area contributed by atoms with E-state index >= 15 is 0 Å². The topological polar surface area (TPSA) is 64.9 Å². The molecule has 2 aromatic rings.